The Morgan fingerprint density at radius 1 is 1.16 bits per heavy atom. The van der Waals surface area contributed by atoms with Crippen LogP contribution in [0.3, 0.4) is 0 Å². The zero-order valence-corrected chi connectivity index (χ0v) is 18.6. The summed E-state index contributed by atoms with van der Waals surface area (Å²) in [5.41, 5.74) is 1.54. The van der Waals surface area contributed by atoms with Gasteiger partial charge in [0.1, 0.15) is 11.6 Å². The van der Waals surface area contributed by atoms with Crippen LogP contribution in [0.1, 0.15) is 88.4 Å². The van der Waals surface area contributed by atoms with E-state index in [2.05, 4.69) is 5.43 Å². The first-order chi connectivity index (χ1) is 15.0. The van der Waals surface area contributed by atoms with Crippen molar-refractivity contribution in [1.82, 2.24) is 15.3 Å². The molecule has 1 aromatic rings. The number of hydrogen-bond acceptors (Lipinski definition) is 7. The van der Waals surface area contributed by atoms with Crippen LogP contribution in [0, 0.1) is 0 Å². The highest BCUT2D eigenvalue weighted by atomic mass is 16.6. The molecule has 1 atom stereocenters. The topological polar surface area (TPSA) is 133 Å². The van der Waals surface area contributed by atoms with Gasteiger partial charge in [-0.2, -0.15) is 0 Å². The summed E-state index contributed by atoms with van der Waals surface area (Å²) >= 11 is 0. The monoisotopic (exact) mass is 445 g/mol. The standard InChI is InChI=1S/C22H27N3O7/c1-5-15(20(29)30)25-18(27)14-11-12(21(31)32-22(2,3)4)10-13(16(14)19(25)28)17(26)24-9-7-6-8-23-24/h10-11,15,23H,5-9H2,1-4H3,(H,29,30). The maximum Gasteiger partial charge on any atom is 0.338 e. The van der Waals surface area contributed by atoms with Gasteiger partial charge < -0.3 is 9.84 Å². The van der Waals surface area contributed by atoms with E-state index in [0.717, 1.165) is 12.8 Å². The number of benzene rings is 1. The zero-order chi connectivity index (χ0) is 23.8. The van der Waals surface area contributed by atoms with Crippen molar-refractivity contribution in [3.8, 4) is 0 Å². The predicted molar refractivity (Wildman–Crippen MR) is 112 cm³/mol. The van der Waals surface area contributed by atoms with Crippen molar-refractivity contribution in [1.29, 1.82) is 0 Å². The van der Waals surface area contributed by atoms with Gasteiger partial charge >= 0.3 is 11.9 Å². The number of fused-ring (bicyclic) bond motifs is 1. The molecule has 0 aromatic heterocycles. The van der Waals surface area contributed by atoms with Gasteiger partial charge in [-0.3, -0.25) is 24.3 Å². The second-order valence-electron chi connectivity index (χ2n) is 8.76. The zero-order valence-electron chi connectivity index (χ0n) is 18.6. The number of ether oxygens (including phenoxy) is 1. The predicted octanol–water partition coefficient (Wildman–Crippen LogP) is 1.84. The number of aliphatic carboxylic acids is 1. The van der Waals surface area contributed by atoms with E-state index in [-0.39, 0.29) is 28.7 Å². The van der Waals surface area contributed by atoms with Crippen molar-refractivity contribution in [2.24, 2.45) is 0 Å². The fourth-order valence-corrected chi connectivity index (χ4v) is 3.76. The largest absolute Gasteiger partial charge is 0.480 e. The second kappa shape index (κ2) is 8.70. The van der Waals surface area contributed by atoms with Crippen LogP contribution >= 0.6 is 0 Å². The summed E-state index contributed by atoms with van der Waals surface area (Å²) in [4.78, 5) is 64.5. The maximum atomic E-state index is 13.3. The minimum atomic E-state index is -1.39. The molecule has 2 aliphatic rings. The van der Waals surface area contributed by atoms with Crippen LogP contribution in [0.4, 0.5) is 0 Å². The van der Waals surface area contributed by atoms with Crippen molar-refractivity contribution < 1.29 is 33.8 Å². The smallest absolute Gasteiger partial charge is 0.338 e. The summed E-state index contributed by atoms with van der Waals surface area (Å²) in [6.45, 7) is 7.53. The number of carbonyl (C=O) groups is 5. The lowest BCUT2D eigenvalue weighted by atomic mass is 9.97. The van der Waals surface area contributed by atoms with Crippen LogP contribution in [0.15, 0.2) is 12.1 Å². The first-order valence-corrected chi connectivity index (χ1v) is 10.5. The maximum absolute atomic E-state index is 13.3. The van der Waals surface area contributed by atoms with Crippen molar-refractivity contribution in [2.75, 3.05) is 13.1 Å². The highest BCUT2D eigenvalue weighted by Gasteiger charge is 2.45. The van der Waals surface area contributed by atoms with Gasteiger partial charge in [-0.05, 0) is 52.2 Å². The summed E-state index contributed by atoms with van der Waals surface area (Å²) in [7, 11) is 0. The molecule has 3 rings (SSSR count). The average Bonchev–Trinajstić information content (AvgIpc) is 2.97. The highest BCUT2D eigenvalue weighted by molar-refractivity contribution is 6.26. The second-order valence-corrected chi connectivity index (χ2v) is 8.76. The Morgan fingerprint density at radius 3 is 2.38 bits per heavy atom. The molecule has 1 saturated heterocycles. The molecule has 0 saturated carbocycles. The van der Waals surface area contributed by atoms with Crippen LogP contribution in [-0.4, -0.2) is 69.4 Å². The number of nitrogens with one attached hydrogen (secondary N) is 1. The van der Waals surface area contributed by atoms with E-state index >= 15 is 0 Å². The quantitative estimate of drug-likeness (QED) is 0.518. The van der Waals surface area contributed by atoms with Crippen LogP contribution in [0.25, 0.3) is 0 Å². The number of amides is 3. The molecule has 0 bridgehead atoms. The first-order valence-electron chi connectivity index (χ1n) is 10.5. The molecule has 0 radical (unpaired) electrons. The summed E-state index contributed by atoms with van der Waals surface area (Å²) in [6, 6.07) is 1.05. The van der Waals surface area contributed by atoms with Gasteiger partial charge in [0.15, 0.2) is 0 Å². The average molecular weight is 445 g/mol. The van der Waals surface area contributed by atoms with E-state index in [0.29, 0.717) is 18.0 Å². The van der Waals surface area contributed by atoms with Crippen molar-refractivity contribution in [3.05, 3.63) is 34.4 Å². The van der Waals surface area contributed by atoms with Crippen molar-refractivity contribution >= 4 is 29.7 Å². The van der Waals surface area contributed by atoms with Gasteiger partial charge in [0.25, 0.3) is 17.7 Å². The summed E-state index contributed by atoms with van der Waals surface area (Å²) in [6.07, 6.45) is 1.63. The molecular weight excluding hydrogens is 418 g/mol. The van der Waals surface area contributed by atoms with Gasteiger partial charge in [0, 0.05) is 13.1 Å². The summed E-state index contributed by atoms with van der Waals surface area (Å²) in [5, 5.41) is 10.8. The Hall–Kier alpha value is -3.27. The molecule has 0 aliphatic carbocycles. The molecule has 2 heterocycles. The number of imide groups is 1. The van der Waals surface area contributed by atoms with Gasteiger partial charge in [0.05, 0.1) is 22.3 Å². The molecule has 1 unspecified atom stereocenters. The first kappa shape index (κ1) is 23.4. The molecule has 172 valence electrons. The Bertz CT molecular complexity index is 990. The van der Waals surface area contributed by atoms with E-state index in [1.165, 1.54) is 24.1 Å². The van der Waals surface area contributed by atoms with E-state index < -0.39 is 41.3 Å². The molecule has 32 heavy (non-hydrogen) atoms. The van der Waals surface area contributed by atoms with Gasteiger partial charge in [-0.1, -0.05) is 6.92 Å². The summed E-state index contributed by atoms with van der Waals surface area (Å²) in [5.74, 6) is -4.39. The van der Waals surface area contributed by atoms with Crippen LogP contribution in [-0.2, 0) is 9.53 Å². The lowest BCUT2D eigenvalue weighted by Crippen LogP contribution is -2.47. The molecular formula is C22H27N3O7. The highest BCUT2D eigenvalue weighted by Crippen LogP contribution is 2.31. The molecule has 10 heteroatoms. The molecule has 2 N–H and O–H groups in total. The fraction of sp³-hybridized carbons (Fsp3) is 0.500. The van der Waals surface area contributed by atoms with E-state index in [1.807, 2.05) is 0 Å². The third-order valence-electron chi connectivity index (χ3n) is 5.22. The van der Waals surface area contributed by atoms with Crippen LogP contribution < -0.4 is 5.43 Å². The SMILES string of the molecule is CCC(C(=O)O)N1C(=O)c2cc(C(=O)OC(C)(C)C)cc(C(=O)N3CCCCN3)c2C1=O. The Balaban J connectivity index is 2.14. The fourth-order valence-electron chi connectivity index (χ4n) is 3.76. The third kappa shape index (κ3) is 4.36. The minimum Gasteiger partial charge on any atom is -0.480 e. The number of rotatable bonds is 5. The summed E-state index contributed by atoms with van der Waals surface area (Å²) < 4.78 is 5.38. The van der Waals surface area contributed by atoms with Gasteiger partial charge in [-0.25, -0.2) is 15.0 Å². The molecule has 10 nitrogen and oxygen atoms in total. The number of carboxylic acids is 1. The van der Waals surface area contributed by atoms with E-state index in [4.69, 9.17) is 4.74 Å². The lowest BCUT2D eigenvalue weighted by molar-refractivity contribution is -0.141. The lowest BCUT2D eigenvalue weighted by Gasteiger charge is -2.28. The van der Waals surface area contributed by atoms with Crippen LogP contribution in [0.2, 0.25) is 0 Å². The number of carboxylic acid groups (broad SMARTS) is 1. The number of carbonyl (C=O) groups excluding carboxylic acids is 4. The molecule has 2 aliphatic heterocycles. The number of nitrogens with zero attached hydrogens (tertiary/aromatic N) is 2. The van der Waals surface area contributed by atoms with Gasteiger partial charge in [-0.15, -0.1) is 0 Å². The van der Waals surface area contributed by atoms with Crippen LogP contribution in [0.5, 0.6) is 0 Å². The molecule has 1 aromatic carbocycles. The number of hydrazine groups is 1. The van der Waals surface area contributed by atoms with E-state index in [9.17, 15) is 29.1 Å². The minimum absolute atomic E-state index is 0.00329. The Morgan fingerprint density at radius 2 is 1.84 bits per heavy atom. The van der Waals surface area contributed by atoms with Crippen molar-refractivity contribution in [3.63, 3.8) is 0 Å². The molecule has 0 spiro atoms. The number of hydrogen-bond donors (Lipinski definition) is 2. The molecule has 1 fully saturated rings. The Kier molecular flexibility index (Phi) is 6.36. The molecule has 3 amide bonds. The third-order valence-corrected chi connectivity index (χ3v) is 5.22. The van der Waals surface area contributed by atoms with E-state index in [1.54, 1.807) is 20.8 Å². The number of esters is 1. The van der Waals surface area contributed by atoms with Gasteiger partial charge in [0.2, 0.25) is 0 Å². The Labute approximate surface area is 185 Å². The normalized spacial score (nSPS) is 17.2. The van der Waals surface area contributed by atoms with Crippen molar-refractivity contribution in [2.45, 2.75) is 58.6 Å².